The van der Waals surface area contributed by atoms with E-state index in [1.807, 2.05) is 24.3 Å². The molecule has 4 rings (SSSR count). The lowest BCUT2D eigenvalue weighted by Gasteiger charge is -2.21. The van der Waals surface area contributed by atoms with Crippen LogP contribution in [0.15, 0.2) is 36.5 Å². The highest BCUT2D eigenvalue weighted by molar-refractivity contribution is 7.09. The van der Waals surface area contributed by atoms with Crippen LogP contribution in [0.5, 0.6) is 11.6 Å². The smallest absolute Gasteiger partial charge is 0.243 e. The van der Waals surface area contributed by atoms with Crippen LogP contribution < -0.4 is 15.4 Å². The topological polar surface area (TPSA) is 72.0 Å². The normalized spacial score (nSPS) is 13.6. The molecule has 7 heteroatoms. The average molecular weight is 382 g/mol. The fourth-order valence-corrected chi connectivity index (χ4v) is 3.71. The second-order valence-corrected chi connectivity index (χ2v) is 8.32. The highest BCUT2D eigenvalue weighted by Gasteiger charge is 2.20. The number of pyridine rings is 1. The maximum atomic E-state index is 6.20. The molecule has 0 amide bonds. The number of rotatable bonds is 4. The van der Waals surface area contributed by atoms with Gasteiger partial charge in [-0.05, 0) is 37.1 Å². The first-order chi connectivity index (χ1) is 13.0. The summed E-state index contributed by atoms with van der Waals surface area (Å²) in [5.41, 5.74) is 3.03. The molecule has 1 aliphatic rings. The number of aromatic nitrogens is 3. The van der Waals surface area contributed by atoms with Crippen LogP contribution in [-0.2, 0) is 11.8 Å². The van der Waals surface area contributed by atoms with Crippen molar-refractivity contribution in [3.63, 3.8) is 0 Å². The zero-order valence-corrected chi connectivity index (χ0v) is 16.6. The number of nitrogens with one attached hydrogen (secondary N) is 2. The summed E-state index contributed by atoms with van der Waals surface area (Å²) >= 11 is 1.34. The molecule has 1 aromatic carbocycles. The zero-order chi connectivity index (χ0) is 18.9. The Bertz CT molecular complexity index is 948. The minimum absolute atomic E-state index is 0.0825. The Morgan fingerprint density at radius 3 is 2.89 bits per heavy atom. The fraction of sp³-hybridized carbons (Fsp3) is 0.350. The van der Waals surface area contributed by atoms with Gasteiger partial charge in [0.1, 0.15) is 17.3 Å². The molecule has 1 aliphatic heterocycles. The maximum Gasteiger partial charge on any atom is 0.243 e. The van der Waals surface area contributed by atoms with E-state index in [9.17, 15) is 0 Å². The standard InChI is InChI=1S/C20H23N5OS/c1-20(2,3)18-24-19(27-25-18)23-15-9-6-12-22-17(15)26-16-10-4-8-14-13(16)7-5-11-21-14/h4,6,8-10,12,21H,5,7,11H2,1-3H3,(H,23,24,25). The predicted octanol–water partition coefficient (Wildman–Crippen LogP) is 5.12. The monoisotopic (exact) mass is 381 g/mol. The van der Waals surface area contributed by atoms with Gasteiger partial charge in [-0.2, -0.15) is 4.37 Å². The van der Waals surface area contributed by atoms with Gasteiger partial charge in [0.2, 0.25) is 11.0 Å². The Kier molecular flexibility index (Phi) is 4.70. The third-order valence-corrected chi connectivity index (χ3v) is 5.00. The van der Waals surface area contributed by atoms with Gasteiger partial charge < -0.3 is 15.4 Å². The minimum Gasteiger partial charge on any atom is -0.437 e. The molecule has 6 nitrogen and oxygen atoms in total. The molecule has 27 heavy (non-hydrogen) atoms. The molecule has 0 atom stereocenters. The molecule has 140 valence electrons. The highest BCUT2D eigenvalue weighted by Crippen LogP contribution is 2.36. The third kappa shape index (κ3) is 3.88. The summed E-state index contributed by atoms with van der Waals surface area (Å²) in [6, 6.07) is 9.90. The number of anilines is 3. The third-order valence-electron chi connectivity index (χ3n) is 4.37. The number of benzene rings is 1. The van der Waals surface area contributed by atoms with Crippen LogP contribution in [0.4, 0.5) is 16.5 Å². The Labute approximate surface area is 163 Å². The van der Waals surface area contributed by atoms with Gasteiger partial charge in [-0.25, -0.2) is 9.97 Å². The second kappa shape index (κ2) is 7.15. The lowest BCUT2D eigenvalue weighted by atomic mass is 9.96. The minimum atomic E-state index is -0.0825. The van der Waals surface area contributed by atoms with Crippen LogP contribution in [0, 0.1) is 0 Å². The first kappa shape index (κ1) is 17.7. The van der Waals surface area contributed by atoms with Crippen LogP contribution in [-0.4, -0.2) is 20.9 Å². The van der Waals surface area contributed by atoms with Crippen LogP contribution in [0.3, 0.4) is 0 Å². The van der Waals surface area contributed by atoms with Gasteiger partial charge in [-0.15, -0.1) is 0 Å². The largest absolute Gasteiger partial charge is 0.437 e. The molecule has 0 radical (unpaired) electrons. The van der Waals surface area contributed by atoms with Crippen molar-refractivity contribution in [2.24, 2.45) is 0 Å². The molecule has 2 N–H and O–H groups in total. The summed E-state index contributed by atoms with van der Waals surface area (Å²) in [5, 5.41) is 7.47. The van der Waals surface area contributed by atoms with Gasteiger partial charge >= 0.3 is 0 Å². The number of hydrogen-bond acceptors (Lipinski definition) is 7. The SMILES string of the molecule is CC(C)(C)c1nsc(Nc2cccnc2Oc2cccc3c2CCCN3)n1. The van der Waals surface area contributed by atoms with E-state index in [0.29, 0.717) is 5.88 Å². The van der Waals surface area contributed by atoms with E-state index in [2.05, 4.69) is 51.8 Å². The van der Waals surface area contributed by atoms with Crippen molar-refractivity contribution in [3.8, 4) is 11.6 Å². The van der Waals surface area contributed by atoms with E-state index < -0.39 is 0 Å². The predicted molar refractivity (Wildman–Crippen MR) is 109 cm³/mol. The van der Waals surface area contributed by atoms with Crippen molar-refractivity contribution in [2.45, 2.75) is 39.0 Å². The first-order valence-corrected chi connectivity index (χ1v) is 9.88. The number of hydrogen-bond donors (Lipinski definition) is 2. The van der Waals surface area contributed by atoms with E-state index in [1.54, 1.807) is 6.20 Å². The van der Waals surface area contributed by atoms with Crippen molar-refractivity contribution in [1.29, 1.82) is 0 Å². The second-order valence-electron chi connectivity index (χ2n) is 7.57. The van der Waals surface area contributed by atoms with Gasteiger partial charge in [0, 0.05) is 40.9 Å². The van der Waals surface area contributed by atoms with Gasteiger partial charge in [-0.3, -0.25) is 0 Å². The fourth-order valence-electron chi connectivity index (χ4n) is 2.94. The van der Waals surface area contributed by atoms with Gasteiger partial charge in [0.25, 0.3) is 0 Å². The Hall–Kier alpha value is -2.67. The quantitative estimate of drug-likeness (QED) is 0.653. The van der Waals surface area contributed by atoms with Crippen LogP contribution in [0.1, 0.15) is 38.6 Å². The van der Waals surface area contributed by atoms with E-state index in [1.165, 1.54) is 17.1 Å². The lowest BCUT2D eigenvalue weighted by Crippen LogP contribution is -2.13. The van der Waals surface area contributed by atoms with E-state index >= 15 is 0 Å². The molecule has 3 aromatic rings. The van der Waals surface area contributed by atoms with Crippen molar-refractivity contribution in [1.82, 2.24) is 14.3 Å². The number of nitrogens with zero attached hydrogens (tertiary/aromatic N) is 3. The molecular formula is C20H23N5OS. The van der Waals surface area contributed by atoms with Crippen LogP contribution in [0.2, 0.25) is 0 Å². The molecule has 0 saturated carbocycles. The maximum absolute atomic E-state index is 6.20. The molecular weight excluding hydrogens is 358 g/mol. The molecule has 0 fully saturated rings. The number of ether oxygens (including phenoxy) is 1. The van der Waals surface area contributed by atoms with E-state index in [-0.39, 0.29) is 5.41 Å². The molecule has 3 heterocycles. The summed E-state index contributed by atoms with van der Waals surface area (Å²) in [5.74, 6) is 2.20. The molecule has 0 unspecified atom stereocenters. The molecule has 2 aromatic heterocycles. The summed E-state index contributed by atoms with van der Waals surface area (Å²) in [6.45, 7) is 7.30. The van der Waals surface area contributed by atoms with Crippen molar-refractivity contribution >= 4 is 28.0 Å². The average Bonchev–Trinajstić information content (AvgIpc) is 3.13. The van der Waals surface area contributed by atoms with Gasteiger partial charge in [0.15, 0.2) is 0 Å². The van der Waals surface area contributed by atoms with E-state index in [0.717, 1.165) is 47.5 Å². The summed E-state index contributed by atoms with van der Waals surface area (Å²) < 4.78 is 10.7. The lowest BCUT2D eigenvalue weighted by molar-refractivity contribution is 0.458. The number of fused-ring (bicyclic) bond motifs is 1. The summed E-state index contributed by atoms with van der Waals surface area (Å²) in [6.07, 6.45) is 3.83. The Morgan fingerprint density at radius 1 is 1.19 bits per heavy atom. The Morgan fingerprint density at radius 2 is 2.07 bits per heavy atom. The molecule has 0 saturated heterocycles. The van der Waals surface area contributed by atoms with E-state index in [4.69, 9.17) is 4.74 Å². The molecule has 0 spiro atoms. The molecule has 0 bridgehead atoms. The van der Waals surface area contributed by atoms with Crippen LogP contribution in [0.25, 0.3) is 0 Å². The van der Waals surface area contributed by atoms with Crippen molar-refractivity contribution in [2.75, 3.05) is 17.2 Å². The summed E-state index contributed by atoms with van der Waals surface area (Å²) in [4.78, 5) is 9.02. The zero-order valence-electron chi connectivity index (χ0n) is 15.7. The molecule has 0 aliphatic carbocycles. The van der Waals surface area contributed by atoms with Crippen molar-refractivity contribution in [3.05, 3.63) is 47.9 Å². The van der Waals surface area contributed by atoms with Gasteiger partial charge in [-0.1, -0.05) is 26.8 Å². The first-order valence-electron chi connectivity index (χ1n) is 9.10. The highest BCUT2D eigenvalue weighted by atomic mass is 32.1. The van der Waals surface area contributed by atoms with Crippen molar-refractivity contribution < 1.29 is 4.74 Å². The van der Waals surface area contributed by atoms with Gasteiger partial charge in [0.05, 0.1) is 0 Å². The Balaban J connectivity index is 1.60. The van der Waals surface area contributed by atoms with Crippen LogP contribution >= 0.6 is 11.5 Å². The summed E-state index contributed by atoms with van der Waals surface area (Å²) in [7, 11) is 0.